The number of nitrogens with one attached hydrogen (secondary N) is 2. The molecule has 2 aromatic rings. The first-order valence-corrected chi connectivity index (χ1v) is 10.3. The number of aromatic nitrogens is 2. The molecule has 9 nitrogen and oxygen atoms in total. The Morgan fingerprint density at radius 2 is 1.80 bits per heavy atom. The lowest BCUT2D eigenvalue weighted by Crippen LogP contribution is -2.33. The van der Waals surface area contributed by atoms with E-state index >= 15 is 0 Å². The molecule has 1 aromatic carbocycles. The fourth-order valence-corrected chi connectivity index (χ4v) is 3.58. The van der Waals surface area contributed by atoms with Gasteiger partial charge in [-0.25, -0.2) is 9.78 Å². The normalized spacial score (nSPS) is 16.4. The van der Waals surface area contributed by atoms with E-state index in [1.54, 1.807) is 0 Å². The number of cyclic esters (lactones) is 1. The first kappa shape index (κ1) is 19.9. The second-order valence-electron chi connectivity index (χ2n) is 7.53. The monoisotopic (exact) mass is 410 g/mol. The molecule has 0 unspecified atom stereocenters. The van der Waals surface area contributed by atoms with Gasteiger partial charge in [-0.3, -0.25) is 9.69 Å². The lowest BCUT2D eigenvalue weighted by Gasteiger charge is -2.27. The molecule has 3 heterocycles. The molecule has 2 aliphatic heterocycles. The highest BCUT2D eigenvalue weighted by atomic mass is 16.6. The molecule has 1 aromatic heterocycles. The molecule has 9 heteroatoms. The maximum atomic E-state index is 12.1. The molecule has 0 atom stereocenters. The van der Waals surface area contributed by atoms with E-state index in [2.05, 4.69) is 25.5 Å². The number of piperidine rings is 1. The highest BCUT2D eigenvalue weighted by Crippen LogP contribution is 2.22. The number of anilines is 4. The van der Waals surface area contributed by atoms with Crippen molar-refractivity contribution in [3.8, 4) is 0 Å². The van der Waals surface area contributed by atoms with Crippen LogP contribution in [0, 0.1) is 6.92 Å². The molecule has 158 valence electrons. The van der Waals surface area contributed by atoms with Gasteiger partial charge >= 0.3 is 6.09 Å². The molecule has 2 fully saturated rings. The van der Waals surface area contributed by atoms with Gasteiger partial charge in [0.25, 0.3) is 0 Å². The maximum absolute atomic E-state index is 12.1. The van der Waals surface area contributed by atoms with E-state index in [1.165, 1.54) is 24.2 Å². The van der Waals surface area contributed by atoms with E-state index in [4.69, 9.17) is 4.74 Å². The Morgan fingerprint density at radius 3 is 2.50 bits per heavy atom. The average Bonchev–Trinajstić information content (AvgIpc) is 3.14. The Morgan fingerprint density at radius 1 is 1.07 bits per heavy atom. The molecular formula is C21H26N6O3. The molecule has 30 heavy (non-hydrogen) atoms. The quantitative estimate of drug-likeness (QED) is 0.755. The second-order valence-corrected chi connectivity index (χ2v) is 7.53. The third kappa shape index (κ3) is 4.97. The van der Waals surface area contributed by atoms with Crippen LogP contribution in [0.1, 0.15) is 25.0 Å². The van der Waals surface area contributed by atoms with Crippen LogP contribution in [0.15, 0.2) is 30.3 Å². The largest absolute Gasteiger partial charge is 0.448 e. The zero-order valence-electron chi connectivity index (χ0n) is 17.1. The topological polar surface area (TPSA) is 99.7 Å². The van der Waals surface area contributed by atoms with Crippen molar-refractivity contribution < 1.29 is 14.3 Å². The van der Waals surface area contributed by atoms with Gasteiger partial charge in [-0.2, -0.15) is 4.98 Å². The Bertz CT molecular complexity index is 911. The molecule has 4 rings (SSSR count). The van der Waals surface area contributed by atoms with Crippen LogP contribution in [-0.2, 0) is 9.53 Å². The number of carbonyl (C=O) groups excluding carboxylic acids is 2. The third-order valence-corrected chi connectivity index (χ3v) is 5.10. The van der Waals surface area contributed by atoms with E-state index in [0.717, 1.165) is 36.2 Å². The predicted molar refractivity (Wildman–Crippen MR) is 114 cm³/mol. The minimum atomic E-state index is -0.450. The summed E-state index contributed by atoms with van der Waals surface area (Å²) in [5.74, 6) is 1.25. The zero-order valence-corrected chi connectivity index (χ0v) is 17.1. The number of hydrogen-bond acceptors (Lipinski definition) is 7. The average molecular weight is 410 g/mol. The van der Waals surface area contributed by atoms with Crippen LogP contribution in [0.3, 0.4) is 0 Å². The Labute approximate surface area is 175 Å². The lowest BCUT2D eigenvalue weighted by molar-refractivity contribution is -0.116. The van der Waals surface area contributed by atoms with Crippen LogP contribution in [0.4, 0.5) is 27.9 Å². The minimum Gasteiger partial charge on any atom is -0.448 e. The van der Waals surface area contributed by atoms with Gasteiger partial charge < -0.3 is 20.3 Å². The molecular weight excluding hydrogens is 384 g/mol. The van der Waals surface area contributed by atoms with Crippen molar-refractivity contribution in [1.29, 1.82) is 0 Å². The Kier molecular flexibility index (Phi) is 5.97. The van der Waals surface area contributed by atoms with Crippen LogP contribution in [-0.4, -0.2) is 59.7 Å². The molecule has 2 N–H and O–H groups in total. The second kappa shape index (κ2) is 8.98. The van der Waals surface area contributed by atoms with Crippen LogP contribution < -0.4 is 15.5 Å². The molecule has 0 radical (unpaired) electrons. The fourth-order valence-electron chi connectivity index (χ4n) is 3.58. The summed E-state index contributed by atoms with van der Waals surface area (Å²) < 4.78 is 4.83. The van der Waals surface area contributed by atoms with E-state index in [0.29, 0.717) is 18.8 Å². The summed E-state index contributed by atoms with van der Waals surface area (Å²) in [6, 6.07) is 9.28. The molecule has 2 saturated heterocycles. The first-order valence-electron chi connectivity index (χ1n) is 10.3. The number of carbonyl (C=O) groups is 2. The van der Waals surface area contributed by atoms with E-state index in [1.807, 2.05) is 37.3 Å². The van der Waals surface area contributed by atoms with Gasteiger partial charge in [-0.1, -0.05) is 0 Å². The number of ether oxygens (including phenoxy) is 1. The highest BCUT2D eigenvalue weighted by molar-refractivity contribution is 5.94. The van der Waals surface area contributed by atoms with Gasteiger partial charge in [0, 0.05) is 36.2 Å². The van der Waals surface area contributed by atoms with Crippen molar-refractivity contribution in [3.63, 3.8) is 0 Å². The molecule has 0 spiro atoms. The number of amides is 2. The third-order valence-electron chi connectivity index (χ3n) is 5.10. The number of hydrogen-bond donors (Lipinski definition) is 2. The zero-order chi connectivity index (χ0) is 20.9. The summed E-state index contributed by atoms with van der Waals surface area (Å²) in [6.07, 6.45) is 3.16. The number of benzene rings is 1. The van der Waals surface area contributed by atoms with E-state index in [-0.39, 0.29) is 12.5 Å². The van der Waals surface area contributed by atoms with Gasteiger partial charge in [0.05, 0.1) is 6.54 Å². The molecule has 2 aliphatic rings. The van der Waals surface area contributed by atoms with Gasteiger partial charge in [-0.05, 0) is 50.5 Å². The van der Waals surface area contributed by atoms with E-state index < -0.39 is 6.09 Å². The fraction of sp³-hybridized carbons (Fsp3) is 0.429. The summed E-state index contributed by atoms with van der Waals surface area (Å²) in [7, 11) is 0. The SMILES string of the molecule is Cc1cc(Nc2ccc(NC(=O)CN3CCOC3=O)cc2)nc(N2CCCCC2)n1. The van der Waals surface area contributed by atoms with Crippen molar-refractivity contribution in [2.75, 3.05) is 48.3 Å². The smallest absolute Gasteiger partial charge is 0.410 e. The number of rotatable bonds is 6. The van der Waals surface area contributed by atoms with Crippen molar-refractivity contribution in [2.45, 2.75) is 26.2 Å². The van der Waals surface area contributed by atoms with E-state index in [9.17, 15) is 9.59 Å². The summed E-state index contributed by atoms with van der Waals surface area (Å²) in [4.78, 5) is 36.4. The first-order chi connectivity index (χ1) is 14.6. The molecule has 0 bridgehead atoms. The van der Waals surface area contributed by atoms with Crippen LogP contribution in [0.5, 0.6) is 0 Å². The molecule has 0 aliphatic carbocycles. The highest BCUT2D eigenvalue weighted by Gasteiger charge is 2.24. The van der Waals surface area contributed by atoms with Crippen LogP contribution >= 0.6 is 0 Å². The standard InChI is InChI=1S/C21H26N6O3/c1-15-13-18(25-20(22-15)26-9-3-2-4-10-26)23-16-5-7-17(8-6-16)24-19(28)14-27-11-12-30-21(27)29/h5-8,13H,2-4,9-12,14H2,1H3,(H,24,28)(H,22,23,25). The summed E-state index contributed by atoms with van der Waals surface area (Å²) in [5.41, 5.74) is 2.43. The molecule has 0 saturated carbocycles. The van der Waals surface area contributed by atoms with Crippen molar-refractivity contribution in [2.24, 2.45) is 0 Å². The van der Waals surface area contributed by atoms with Crippen LogP contribution in [0.2, 0.25) is 0 Å². The molecule has 2 amide bonds. The van der Waals surface area contributed by atoms with Crippen molar-refractivity contribution in [1.82, 2.24) is 14.9 Å². The predicted octanol–water partition coefficient (Wildman–Crippen LogP) is 2.91. The van der Waals surface area contributed by atoms with Gasteiger partial charge in [0.15, 0.2) is 0 Å². The summed E-state index contributed by atoms with van der Waals surface area (Å²) in [5, 5.41) is 6.10. The maximum Gasteiger partial charge on any atom is 0.410 e. The number of aryl methyl sites for hydroxylation is 1. The van der Waals surface area contributed by atoms with Crippen LogP contribution in [0.25, 0.3) is 0 Å². The van der Waals surface area contributed by atoms with Gasteiger partial charge in [0.2, 0.25) is 11.9 Å². The van der Waals surface area contributed by atoms with Gasteiger partial charge in [-0.15, -0.1) is 0 Å². The Hall–Kier alpha value is -3.36. The van der Waals surface area contributed by atoms with Crippen molar-refractivity contribution in [3.05, 3.63) is 36.0 Å². The summed E-state index contributed by atoms with van der Waals surface area (Å²) >= 11 is 0. The number of nitrogens with zero attached hydrogens (tertiary/aromatic N) is 4. The minimum absolute atomic E-state index is 0.0156. The summed E-state index contributed by atoms with van der Waals surface area (Å²) in [6.45, 7) is 4.70. The Balaban J connectivity index is 1.37. The van der Waals surface area contributed by atoms with Crippen molar-refractivity contribution >= 4 is 35.1 Å². The van der Waals surface area contributed by atoms with Gasteiger partial charge in [0.1, 0.15) is 19.0 Å². The lowest BCUT2D eigenvalue weighted by atomic mass is 10.1.